The molecule has 2 amide bonds. The Hall–Kier alpha value is -4.25. The van der Waals surface area contributed by atoms with Gasteiger partial charge >= 0.3 is 5.97 Å². The lowest BCUT2D eigenvalue weighted by atomic mass is 10.0. The number of ether oxygens (including phenoxy) is 3. The first-order valence-corrected chi connectivity index (χ1v) is 27.5. The minimum atomic E-state index is -0.756. The number of anilines is 1. The fraction of sp³-hybridized carbons (Fsp3) is 0.712. The number of H-pyrrole nitrogens is 1. The highest BCUT2D eigenvalue weighted by Gasteiger charge is 2.25. The van der Waals surface area contributed by atoms with Crippen LogP contribution in [0.2, 0.25) is 0 Å². The monoisotopic (exact) mass is 1010 g/mol. The number of unbranched alkanes of at least 4 members (excludes halogenated alkanes) is 14. The number of aromatic amines is 1. The highest BCUT2D eigenvalue weighted by atomic mass is 35.5. The minimum Gasteiger partial charge on any atom is -0.463 e. The molecule has 1 fully saturated rings. The lowest BCUT2D eigenvalue weighted by Gasteiger charge is -2.29. The predicted molar refractivity (Wildman–Crippen MR) is 277 cm³/mol. The molecule has 0 aliphatic carbocycles. The van der Waals surface area contributed by atoms with Gasteiger partial charge in [0.2, 0.25) is 11.8 Å². The van der Waals surface area contributed by atoms with Crippen molar-refractivity contribution in [3.05, 3.63) is 54.1 Å². The van der Waals surface area contributed by atoms with Crippen molar-refractivity contribution in [2.75, 3.05) is 43.0 Å². The van der Waals surface area contributed by atoms with E-state index in [1.807, 2.05) is 7.05 Å². The Morgan fingerprint density at radius 3 is 2.30 bits per heavy atom. The Bertz CT molecular complexity index is 2060. The number of hydrogen-bond donors (Lipinski definition) is 3. The second-order valence-corrected chi connectivity index (χ2v) is 19.5. The average molecular weight is 1010 g/mol. The number of amides is 2. The molecule has 4 aromatic rings. The number of alkyl halides is 2. The van der Waals surface area contributed by atoms with Gasteiger partial charge < -0.3 is 39.3 Å². The largest absolute Gasteiger partial charge is 0.463 e. The molecule has 5 rings (SSSR count). The number of esters is 1. The molecule has 70 heavy (non-hydrogen) atoms. The molecule has 3 N–H and O–H groups in total. The van der Waals surface area contributed by atoms with Crippen molar-refractivity contribution >= 4 is 57.7 Å². The normalized spacial score (nSPS) is 15.3. The second-order valence-electron chi connectivity index (χ2n) is 18.8. The molecule has 1 aromatic carbocycles. The first-order valence-electron chi connectivity index (χ1n) is 26.4. The highest BCUT2D eigenvalue weighted by Crippen LogP contribution is 2.24. The molecule has 4 heterocycles. The van der Waals surface area contributed by atoms with Crippen molar-refractivity contribution in [1.29, 1.82) is 0 Å². The minimum absolute atomic E-state index is 0.126. The zero-order chi connectivity index (χ0) is 49.6. The van der Waals surface area contributed by atoms with Gasteiger partial charge in [0.15, 0.2) is 6.29 Å². The number of carbonyl (C=O) groups is 3. The molecular formula is C52H82Cl2N10O6. The van der Waals surface area contributed by atoms with E-state index in [-0.39, 0.29) is 49.8 Å². The molecule has 0 saturated carbocycles. The molecule has 1 saturated heterocycles. The molecule has 0 spiro atoms. The summed E-state index contributed by atoms with van der Waals surface area (Å²) in [6, 6.07) is 5.45. The van der Waals surface area contributed by atoms with Crippen LogP contribution in [0.5, 0.6) is 0 Å². The average Bonchev–Trinajstić information content (AvgIpc) is 4.13. The Balaban J connectivity index is 0.911. The van der Waals surface area contributed by atoms with E-state index < -0.39 is 6.04 Å². The fourth-order valence-corrected chi connectivity index (χ4v) is 9.41. The van der Waals surface area contributed by atoms with Gasteiger partial charge in [-0.15, -0.1) is 28.3 Å². The number of aromatic nitrogens is 7. The number of benzene rings is 1. The number of fused-ring (bicyclic) bond motifs is 1. The Kier molecular flexibility index (Phi) is 27.0. The van der Waals surface area contributed by atoms with E-state index in [9.17, 15) is 14.4 Å². The maximum atomic E-state index is 13.4. The van der Waals surface area contributed by atoms with Gasteiger partial charge in [0.05, 0.1) is 48.5 Å². The van der Waals surface area contributed by atoms with Gasteiger partial charge in [-0.3, -0.25) is 19.1 Å². The number of hydrogen-bond acceptors (Lipinski definition) is 11. The SMILES string of the molecule is CCCCCCCCCCCCCCCCCC(=O)NC(Cc1c[nH]cn1)C(=O)NCc1cn(CCCOC2CCCC(COC(=O)CCCc3nc4cc(N(CCCl)CCCl)ccc4n3C)O2)nn1. The van der Waals surface area contributed by atoms with Crippen LogP contribution in [0.15, 0.2) is 36.9 Å². The van der Waals surface area contributed by atoms with Crippen LogP contribution in [0.25, 0.3) is 11.0 Å². The molecule has 390 valence electrons. The van der Waals surface area contributed by atoms with E-state index in [4.69, 9.17) is 42.4 Å². The topological polar surface area (TPSA) is 183 Å². The van der Waals surface area contributed by atoms with Crippen LogP contribution >= 0.6 is 23.2 Å². The van der Waals surface area contributed by atoms with Gasteiger partial charge in [-0.1, -0.05) is 102 Å². The van der Waals surface area contributed by atoms with E-state index >= 15 is 0 Å². The van der Waals surface area contributed by atoms with Crippen molar-refractivity contribution in [3.8, 4) is 0 Å². The summed E-state index contributed by atoms with van der Waals surface area (Å²) < 4.78 is 21.6. The molecule has 1 aliphatic heterocycles. The maximum absolute atomic E-state index is 13.4. The highest BCUT2D eigenvalue weighted by molar-refractivity contribution is 6.18. The Morgan fingerprint density at radius 1 is 0.900 bits per heavy atom. The van der Waals surface area contributed by atoms with E-state index in [2.05, 4.69) is 65.5 Å². The quantitative estimate of drug-likeness (QED) is 0.0221. The van der Waals surface area contributed by atoms with E-state index in [1.54, 1.807) is 23.4 Å². The van der Waals surface area contributed by atoms with E-state index in [0.717, 1.165) is 61.1 Å². The van der Waals surface area contributed by atoms with Gasteiger partial charge in [-0.25, -0.2) is 9.97 Å². The van der Waals surface area contributed by atoms with Crippen molar-refractivity contribution in [2.45, 2.75) is 193 Å². The van der Waals surface area contributed by atoms with Crippen molar-refractivity contribution in [2.24, 2.45) is 7.05 Å². The summed E-state index contributed by atoms with van der Waals surface area (Å²) in [4.78, 5) is 53.2. The third kappa shape index (κ3) is 21.2. The van der Waals surface area contributed by atoms with Gasteiger partial charge in [0.1, 0.15) is 24.2 Å². The Morgan fingerprint density at radius 2 is 1.61 bits per heavy atom. The zero-order valence-electron chi connectivity index (χ0n) is 42.2. The first kappa shape index (κ1) is 56.7. The van der Waals surface area contributed by atoms with Crippen LogP contribution < -0.4 is 15.5 Å². The van der Waals surface area contributed by atoms with Gasteiger partial charge in [-0.05, 0) is 56.7 Å². The van der Waals surface area contributed by atoms with Crippen LogP contribution in [0.3, 0.4) is 0 Å². The fourth-order valence-electron chi connectivity index (χ4n) is 9.00. The van der Waals surface area contributed by atoms with Gasteiger partial charge in [0, 0.05) is 76.0 Å². The van der Waals surface area contributed by atoms with Crippen LogP contribution in [0.4, 0.5) is 5.69 Å². The van der Waals surface area contributed by atoms with E-state index in [1.165, 1.54) is 77.0 Å². The first-order chi connectivity index (χ1) is 34.3. The van der Waals surface area contributed by atoms with Gasteiger partial charge in [-0.2, -0.15) is 0 Å². The summed E-state index contributed by atoms with van der Waals surface area (Å²) in [5, 5.41) is 14.3. The molecule has 1 aliphatic rings. The maximum Gasteiger partial charge on any atom is 0.305 e. The number of imidazole rings is 2. The molecule has 16 nitrogen and oxygen atoms in total. The number of nitrogens with one attached hydrogen (secondary N) is 3. The van der Waals surface area contributed by atoms with Crippen molar-refractivity contribution in [1.82, 2.24) is 45.1 Å². The third-order valence-electron chi connectivity index (χ3n) is 13.0. The molecule has 3 unspecified atom stereocenters. The second kappa shape index (κ2) is 33.4. The number of carbonyl (C=O) groups excluding carboxylic acids is 3. The summed E-state index contributed by atoms with van der Waals surface area (Å²) in [6.45, 7) is 5.09. The Labute approximate surface area is 426 Å². The summed E-state index contributed by atoms with van der Waals surface area (Å²) >= 11 is 12.0. The van der Waals surface area contributed by atoms with Crippen LogP contribution in [0, 0.1) is 0 Å². The van der Waals surface area contributed by atoms with Crippen LogP contribution in [0.1, 0.15) is 165 Å². The summed E-state index contributed by atoms with van der Waals surface area (Å²) in [5.41, 5.74) is 4.28. The molecule has 3 aromatic heterocycles. The third-order valence-corrected chi connectivity index (χ3v) is 13.4. The molecule has 0 radical (unpaired) electrons. The van der Waals surface area contributed by atoms with Crippen LogP contribution in [-0.4, -0.2) is 109 Å². The number of rotatable bonds is 38. The van der Waals surface area contributed by atoms with E-state index in [0.29, 0.717) is 81.5 Å². The number of aryl methyl sites for hydroxylation is 3. The predicted octanol–water partition coefficient (Wildman–Crippen LogP) is 9.65. The molecule has 3 atom stereocenters. The van der Waals surface area contributed by atoms with Crippen molar-refractivity contribution < 1.29 is 28.6 Å². The zero-order valence-corrected chi connectivity index (χ0v) is 43.7. The number of halogens is 2. The summed E-state index contributed by atoms with van der Waals surface area (Å²) in [6.07, 6.45) is 29.0. The van der Waals surface area contributed by atoms with Crippen LogP contribution in [-0.2, 0) is 61.6 Å². The molecule has 0 bridgehead atoms. The molecule has 18 heteroatoms. The summed E-state index contributed by atoms with van der Waals surface area (Å²) in [5.74, 6) is 1.27. The van der Waals surface area contributed by atoms with Gasteiger partial charge in [0.25, 0.3) is 0 Å². The standard InChI is InChI=1S/C52H82Cl2N10O6/c1-3-4-5-6-7-8-9-10-11-12-13-14-15-16-17-23-49(65)59-46(34-41-36-55-40-57-41)52(67)56-37-42-38-64(61-60-42)30-20-33-68-51-25-18-21-44(70-51)39-69-50(66)24-19-22-48-58-45-35-43(26-27-47(45)62(48)2)63(31-28-53)32-29-54/h26-27,35-36,38,40,44,46,51H,3-25,28-34,37,39H2,1-2H3,(H,55,57)(H,56,67)(H,59,65). The van der Waals surface area contributed by atoms with Crippen molar-refractivity contribution in [3.63, 3.8) is 0 Å². The lowest BCUT2D eigenvalue weighted by Crippen LogP contribution is -2.47. The smallest absolute Gasteiger partial charge is 0.305 e. The lowest BCUT2D eigenvalue weighted by molar-refractivity contribution is -0.206. The summed E-state index contributed by atoms with van der Waals surface area (Å²) in [7, 11) is 2.00. The number of nitrogens with zero attached hydrogens (tertiary/aromatic N) is 7. The molecular weight excluding hydrogens is 932 g/mol.